The Bertz CT molecular complexity index is 1190. The van der Waals surface area contributed by atoms with Crippen molar-refractivity contribution in [3.8, 4) is 0 Å². The SMILES string of the molecule is [2H]C([2H])(CCc1ncc(C)cn1)C1(F)C([2H])([2H])C([2H])([2H])N(C(=O)c2ccc(F)c(Cl)c2)C([2H])([2H])C1([2H])[2H]. The number of hydrogen-bond donors (Lipinski definition) is 0. The van der Waals surface area contributed by atoms with E-state index in [0.29, 0.717) is 17.7 Å². The number of amides is 1. The molecule has 27 heavy (non-hydrogen) atoms. The number of benzene rings is 1. The fourth-order valence-electron chi connectivity index (χ4n) is 2.17. The average Bonchev–Trinajstić information content (AvgIpc) is 2.78. The van der Waals surface area contributed by atoms with Crippen LogP contribution in [0.25, 0.3) is 0 Å². The number of alkyl halides is 1. The van der Waals surface area contributed by atoms with Crippen molar-refractivity contribution in [3.05, 3.63) is 58.4 Å². The molecule has 1 aliphatic heterocycles. The Morgan fingerprint density at radius 1 is 1.37 bits per heavy atom. The van der Waals surface area contributed by atoms with Crippen molar-refractivity contribution in [1.82, 2.24) is 14.9 Å². The summed E-state index contributed by atoms with van der Waals surface area (Å²) < 4.78 is 113. The fourth-order valence-corrected chi connectivity index (χ4v) is 2.35. The number of aryl methyl sites for hydroxylation is 2. The molecule has 4 nitrogen and oxygen atoms in total. The lowest BCUT2D eigenvalue weighted by atomic mass is 9.88. The second kappa shape index (κ2) is 8.30. The highest BCUT2D eigenvalue weighted by Gasteiger charge is 2.35. The molecule has 0 spiro atoms. The molecule has 1 aliphatic rings. The van der Waals surface area contributed by atoms with E-state index in [1.165, 1.54) is 12.4 Å². The predicted octanol–water partition coefficient (Wildman–Crippen LogP) is 4.54. The van der Waals surface area contributed by atoms with Crippen LogP contribution in [0.1, 0.15) is 61.0 Å². The van der Waals surface area contributed by atoms with Crippen molar-refractivity contribution >= 4 is 17.5 Å². The van der Waals surface area contributed by atoms with E-state index in [-0.39, 0.29) is 5.82 Å². The monoisotopic (exact) mass is 403 g/mol. The normalized spacial score (nSPS) is 29.9. The molecule has 7 heteroatoms. The Morgan fingerprint density at radius 3 is 2.67 bits per heavy atom. The summed E-state index contributed by atoms with van der Waals surface area (Å²) in [5.41, 5.74) is -4.43. The van der Waals surface area contributed by atoms with Gasteiger partial charge in [-0.3, -0.25) is 4.79 Å². The van der Waals surface area contributed by atoms with Crippen LogP contribution in [0.5, 0.6) is 0 Å². The van der Waals surface area contributed by atoms with Gasteiger partial charge in [0.2, 0.25) is 0 Å². The summed E-state index contributed by atoms with van der Waals surface area (Å²) >= 11 is 5.65. The van der Waals surface area contributed by atoms with Crippen molar-refractivity contribution in [3.63, 3.8) is 0 Å². The Kier molecular flexibility index (Phi) is 3.21. The summed E-state index contributed by atoms with van der Waals surface area (Å²) in [5.74, 6) is -2.60. The second-order valence-corrected chi connectivity index (χ2v) is 6.16. The van der Waals surface area contributed by atoms with Gasteiger partial charge in [-0.15, -0.1) is 0 Å². The van der Waals surface area contributed by atoms with Crippen LogP contribution in [-0.2, 0) is 6.42 Å². The number of piperidine rings is 1. The number of carbonyl (C=O) groups excluding carboxylic acids is 1. The Hall–Kier alpha value is -2.08. The van der Waals surface area contributed by atoms with Crippen molar-refractivity contribution in [2.45, 2.75) is 44.6 Å². The molecule has 0 radical (unpaired) electrons. The highest BCUT2D eigenvalue weighted by molar-refractivity contribution is 6.31. The van der Waals surface area contributed by atoms with E-state index in [0.717, 1.165) is 6.07 Å². The van der Waals surface area contributed by atoms with Crippen LogP contribution >= 0.6 is 11.6 Å². The van der Waals surface area contributed by atoms with Crippen LogP contribution in [0.2, 0.25) is 5.02 Å². The maximum absolute atomic E-state index is 16.8. The molecule has 3 rings (SSSR count). The van der Waals surface area contributed by atoms with Crippen molar-refractivity contribution in [1.29, 1.82) is 0 Å². The number of carbonyl (C=O) groups is 1. The van der Waals surface area contributed by atoms with E-state index in [9.17, 15) is 9.18 Å². The fraction of sp³-hybridized carbons (Fsp3) is 0.450. The molecule has 1 saturated heterocycles. The van der Waals surface area contributed by atoms with Gasteiger partial charge in [0.25, 0.3) is 5.91 Å². The minimum Gasteiger partial charge on any atom is -0.338 e. The summed E-state index contributed by atoms with van der Waals surface area (Å²) in [6, 6.07) is 2.20. The summed E-state index contributed by atoms with van der Waals surface area (Å²) in [7, 11) is 0. The van der Waals surface area contributed by atoms with Crippen molar-refractivity contribution < 1.29 is 27.3 Å². The molecule has 1 fully saturated rings. The van der Waals surface area contributed by atoms with Gasteiger partial charge in [0, 0.05) is 51.1 Å². The number of rotatable bonds is 5. The maximum atomic E-state index is 16.8. The minimum absolute atomic E-state index is 0.0195. The van der Waals surface area contributed by atoms with Crippen LogP contribution in [0.15, 0.2) is 30.6 Å². The Morgan fingerprint density at radius 2 is 2.04 bits per heavy atom. The molecule has 2 heterocycles. The van der Waals surface area contributed by atoms with Gasteiger partial charge in [-0.1, -0.05) is 11.6 Å². The molecule has 1 amide bonds. The first kappa shape index (κ1) is 10.5. The first-order valence-electron chi connectivity index (χ1n) is 12.9. The zero-order valence-corrected chi connectivity index (χ0v) is 14.9. The van der Waals surface area contributed by atoms with Gasteiger partial charge in [-0.05, 0) is 56.2 Å². The minimum atomic E-state index is -4.47. The molecule has 0 saturated carbocycles. The highest BCUT2D eigenvalue weighted by atomic mass is 35.5. The van der Waals surface area contributed by atoms with Crippen LogP contribution in [0, 0.1) is 12.7 Å². The lowest BCUT2D eigenvalue weighted by Gasteiger charge is -2.36. The van der Waals surface area contributed by atoms with E-state index in [4.69, 9.17) is 25.3 Å². The highest BCUT2D eigenvalue weighted by Crippen LogP contribution is 2.32. The zero-order valence-electron chi connectivity index (χ0n) is 24.2. The van der Waals surface area contributed by atoms with Crippen LogP contribution in [0.3, 0.4) is 0 Å². The third-order valence-electron chi connectivity index (χ3n) is 3.60. The third kappa shape index (κ3) is 5.01. The number of aromatic nitrogens is 2. The lowest BCUT2D eigenvalue weighted by Crippen LogP contribution is -2.44. The first-order valence-corrected chi connectivity index (χ1v) is 8.31. The molecule has 0 bridgehead atoms. The largest absolute Gasteiger partial charge is 0.338 e. The van der Waals surface area contributed by atoms with Crippen molar-refractivity contribution in [2.24, 2.45) is 0 Å². The molecular formula is C20H22ClF2N3O. The quantitative estimate of drug-likeness (QED) is 0.736. The van der Waals surface area contributed by atoms with Gasteiger partial charge >= 0.3 is 0 Å². The van der Waals surface area contributed by atoms with Gasteiger partial charge in [0.05, 0.1) is 5.02 Å². The van der Waals surface area contributed by atoms with Gasteiger partial charge < -0.3 is 4.90 Å². The van der Waals surface area contributed by atoms with Gasteiger partial charge in [-0.2, -0.15) is 0 Å². The number of hydrogen-bond acceptors (Lipinski definition) is 3. The average molecular weight is 404 g/mol. The zero-order chi connectivity index (χ0) is 28.4. The Balaban J connectivity index is 2.13. The molecule has 144 valence electrons. The van der Waals surface area contributed by atoms with Crippen LogP contribution in [0.4, 0.5) is 8.78 Å². The molecule has 1 aromatic heterocycles. The molecule has 0 N–H and O–H groups in total. The number of nitrogens with zero attached hydrogens (tertiary/aromatic N) is 3. The number of likely N-dealkylation sites (tertiary alicyclic amines) is 1. The molecule has 0 aliphatic carbocycles. The standard InChI is InChI=1S/C20H22ClF2N3O/c1-14-12-24-18(25-13-14)3-2-6-20(23)7-9-26(10-8-20)19(27)15-4-5-17(22)16(21)11-15/h4-5,11-13H,2-3,6-10H2,1H3/i6D2,7D2,8D2,9D2,10D2. The van der Waals surface area contributed by atoms with Gasteiger partial charge in [-0.25, -0.2) is 18.7 Å². The number of halogens is 3. The molecule has 0 unspecified atom stereocenters. The van der Waals surface area contributed by atoms with E-state index in [1.54, 1.807) is 6.92 Å². The Labute approximate surface area is 176 Å². The van der Waals surface area contributed by atoms with Crippen molar-refractivity contribution in [2.75, 3.05) is 13.0 Å². The van der Waals surface area contributed by atoms with E-state index in [1.807, 2.05) is 0 Å². The second-order valence-electron chi connectivity index (χ2n) is 5.75. The lowest BCUT2D eigenvalue weighted by molar-refractivity contribution is 0.0389. The molecule has 1 aromatic carbocycles. The van der Waals surface area contributed by atoms with Crippen LogP contribution in [-0.4, -0.2) is 39.4 Å². The van der Waals surface area contributed by atoms with E-state index < -0.39 is 77.8 Å². The first-order chi connectivity index (χ1) is 16.7. The predicted molar refractivity (Wildman–Crippen MR) is 100 cm³/mol. The third-order valence-corrected chi connectivity index (χ3v) is 3.89. The topological polar surface area (TPSA) is 46.1 Å². The van der Waals surface area contributed by atoms with E-state index >= 15 is 4.39 Å². The van der Waals surface area contributed by atoms with Gasteiger partial charge in [0.1, 0.15) is 17.3 Å². The molecule has 2 aromatic rings. The summed E-state index contributed by atoms with van der Waals surface area (Å²) in [5, 5.41) is -0.607. The molecular weight excluding hydrogens is 372 g/mol. The smallest absolute Gasteiger partial charge is 0.253 e. The summed E-state index contributed by atoms with van der Waals surface area (Å²) in [4.78, 5) is 20.6. The van der Waals surface area contributed by atoms with Crippen LogP contribution < -0.4 is 0 Å². The summed E-state index contributed by atoms with van der Waals surface area (Å²) in [6.07, 6.45) is -10.4. The van der Waals surface area contributed by atoms with E-state index in [2.05, 4.69) is 9.97 Å². The van der Waals surface area contributed by atoms with Gasteiger partial charge in [0.15, 0.2) is 0 Å². The maximum Gasteiger partial charge on any atom is 0.253 e. The summed E-state index contributed by atoms with van der Waals surface area (Å²) in [6.45, 7) is -6.20. The molecule has 0 atom stereocenters.